The summed E-state index contributed by atoms with van der Waals surface area (Å²) < 4.78 is 0. The minimum Gasteiger partial charge on any atom is -0.357 e. The zero-order valence-corrected chi connectivity index (χ0v) is 7.75. The Hall–Kier alpha value is -1.92. The SMILES string of the molecule is CNC(=O)C(C)N=C1NC(=O)C(=O)N1. The van der Waals surface area contributed by atoms with Crippen LogP contribution < -0.4 is 16.0 Å². The normalized spacial score (nSPS) is 17.1. The van der Waals surface area contributed by atoms with Crippen molar-refractivity contribution in [2.24, 2.45) is 4.99 Å². The molecule has 1 heterocycles. The van der Waals surface area contributed by atoms with Crippen molar-refractivity contribution in [1.82, 2.24) is 16.0 Å². The molecule has 0 radical (unpaired) electrons. The molecule has 0 saturated carbocycles. The van der Waals surface area contributed by atoms with Gasteiger partial charge >= 0.3 is 11.8 Å². The molecule has 0 spiro atoms. The summed E-state index contributed by atoms with van der Waals surface area (Å²) in [6.45, 7) is 1.54. The third-order valence-corrected chi connectivity index (χ3v) is 1.62. The van der Waals surface area contributed by atoms with Crippen molar-refractivity contribution >= 4 is 23.7 Å². The lowest BCUT2D eigenvalue weighted by Crippen LogP contribution is -2.33. The molecule has 0 aliphatic carbocycles. The van der Waals surface area contributed by atoms with Crippen molar-refractivity contribution in [2.75, 3.05) is 7.05 Å². The Morgan fingerprint density at radius 1 is 1.36 bits per heavy atom. The molecule has 1 aliphatic rings. The number of nitrogens with one attached hydrogen (secondary N) is 3. The Kier molecular flexibility index (Phi) is 2.80. The average molecular weight is 198 g/mol. The highest BCUT2D eigenvalue weighted by Crippen LogP contribution is 1.91. The van der Waals surface area contributed by atoms with Crippen molar-refractivity contribution in [3.63, 3.8) is 0 Å². The van der Waals surface area contributed by atoms with E-state index < -0.39 is 17.9 Å². The van der Waals surface area contributed by atoms with Gasteiger partial charge in [-0.2, -0.15) is 0 Å². The van der Waals surface area contributed by atoms with Gasteiger partial charge < -0.3 is 5.32 Å². The highest BCUT2D eigenvalue weighted by Gasteiger charge is 2.26. The molecule has 1 rings (SSSR count). The van der Waals surface area contributed by atoms with Gasteiger partial charge in [-0.15, -0.1) is 0 Å². The lowest BCUT2D eigenvalue weighted by Gasteiger charge is -2.04. The van der Waals surface area contributed by atoms with Gasteiger partial charge in [0.15, 0.2) is 0 Å². The summed E-state index contributed by atoms with van der Waals surface area (Å²) in [5.74, 6) is -1.83. The lowest BCUT2D eigenvalue weighted by atomic mass is 10.3. The molecule has 3 N–H and O–H groups in total. The number of hydrogen-bond donors (Lipinski definition) is 3. The zero-order chi connectivity index (χ0) is 10.7. The molecule has 14 heavy (non-hydrogen) atoms. The first-order chi connectivity index (χ1) is 6.54. The molecule has 0 aromatic carbocycles. The quantitative estimate of drug-likeness (QED) is 0.436. The van der Waals surface area contributed by atoms with Crippen molar-refractivity contribution in [2.45, 2.75) is 13.0 Å². The average Bonchev–Trinajstić information content (AvgIpc) is 2.44. The van der Waals surface area contributed by atoms with Crippen LogP contribution in [0, 0.1) is 0 Å². The number of amides is 3. The first-order valence-corrected chi connectivity index (χ1v) is 3.96. The van der Waals surface area contributed by atoms with Crippen molar-refractivity contribution < 1.29 is 14.4 Å². The topological polar surface area (TPSA) is 99.7 Å². The largest absolute Gasteiger partial charge is 0.357 e. The van der Waals surface area contributed by atoms with E-state index >= 15 is 0 Å². The van der Waals surface area contributed by atoms with Crippen molar-refractivity contribution in [1.29, 1.82) is 0 Å². The fraction of sp³-hybridized carbons (Fsp3) is 0.429. The molecule has 0 aromatic heterocycles. The van der Waals surface area contributed by atoms with E-state index in [2.05, 4.69) is 20.9 Å². The van der Waals surface area contributed by atoms with Crippen LogP contribution in [0.5, 0.6) is 0 Å². The zero-order valence-electron chi connectivity index (χ0n) is 7.75. The van der Waals surface area contributed by atoms with Gasteiger partial charge in [-0.3, -0.25) is 25.0 Å². The summed E-state index contributed by atoms with van der Waals surface area (Å²) >= 11 is 0. The molecule has 1 aliphatic heterocycles. The Balaban J connectivity index is 2.66. The van der Waals surface area contributed by atoms with Crippen LogP contribution >= 0.6 is 0 Å². The maximum atomic E-state index is 11.0. The molecule has 1 fully saturated rings. The highest BCUT2D eigenvalue weighted by atomic mass is 16.2. The van der Waals surface area contributed by atoms with Crippen LogP contribution in [-0.4, -0.2) is 36.8 Å². The van der Waals surface area contributed by atoms with E-state index in [1.54, 1.807) is 6.92 Å². The summed E-state index contributed by atoms with van der Waals surface area (Å²) in [5, 5.41) is 6.76. The Labute approximate surface area is 80.0 Å². The Bertz CT molecular complexity index is 305. The fourth-order valence-corrected chi connectivity index (χ4v) is 0.886. The molecule has 3 amide bonds. The molecule has 7 heteroatoms. The number of likely N-dealkylation sites (N-methyl/N-ethyl adjacent to an activating group) is 1. The molecular formula is C7H10N4O3. The molecule has 7 nitrogen and oxygen atoms in total. The van der Waals surface area contributed by atoms with Gasteiger partial charge in [0.2, 0.25) is 11.9 Å². The molecule has 0 aromatic rings. The van der Waals surface area contributed by atoms with Gasteiger partial charge in [0.1, 0.15) is 6.04 Å². The van der Waals surface area contributed by atoms with Gasteiger partial charge in [0.25, 0.3) is 0 Å². The lowest BCUT2D eigenvalue weighted by molar-refractivity contribution is -0.135. The second-order valence-electron chi connectivity index (χ2n) is 2.68. The number of carbonyl (C=O) groups excluding carboxylic acids is 3. The molecular weight excluding hydrogens is 188 g/mol. The van der Waals surface area contributed by atoms with Crippen LogP contribution in [0.3, 0.4) is 0 Å². The summed E-state index contributed by atoms with van der Waals surface area (Å²) in [6, 6.07) is -0.659. The number of nitrogens with zero attached hydrogens (tertiary/aromatic N) is 1. The molecule has 1 atom stereocenters. The van der Waals surface area contributed by atoms with Crippen LogP contribution in [0.4, 0.5) is 0 Å². The van der Waals surface area contributed by atoms with E-state index in [0.717, 1.165) is 0 Å². The van der Waals surface area contributed by atoms with Crippen molar-refractivity contribution in [3.05, 3.63) is 0 Å². The minimum absolute atomic E-state index is 0.0103. The maximum Gasteiger partial charge on any atom is 0.316 e. The number of rotatable bonds is 2. The van der Waals surface area contributed by atoms with E-state index in [0.29, 0.717) is 0 Å². The number of carbonyl (C=O) groups is 3. The number of guanidine groups is 1. The van der Waals surface area contributed by atoms with Crippen LogP contribution in [0.2, 0.25) is 0 Å². The standard InChI is InChI=1S/C7H10N4O3/c1-3(4(12)8-2)9-7-10-5(13)6(14)11-7/h3H,1-2H3,(H,8,12)(H2,9,10,11,13,14). The number of hydrogen-bond acceptors (Lipinski definition) is 4. The summed E-state index contributed by atoms with van der Waals surface area (Å²) in [7, 11) is 1.48. The molecule has 76 valence electrons. The smallest absolute Gasteiger partial charge is 0.316 e. The van der Waals surface area contributed by atoms with Gasteiger partial charge in [-0.25, -0.2) is 4.99 Å². The van der Waals surface area contributed by atoms with E-state index in [4.69, 9.17) is 0 Å². The molecule has 1 unspecified atom stereocenters. The summed E-state index contributed by atoms with van der Waals surface area (Å²) in [5.41, 5.74) is 0. The van der Waals surface area contributed by atoms with E-state index in [-0.39, 0.29) is 11.9 Å². The first-order valence-electron chi connectivity index (χ1n) is 3.96. The van der Waals surface area contributed by atoms with Crippen LogP contribution in [-0.2, 0) is 14.4 Å². The third kappa shape index (κ3) is 2.06. The summed E-state index contributed by atoms with van der Waals surface area (Å²) in [6.07, 6.45) is 0. The maximum absolute atomic E-state index is 11.0. The van der Waals surface area contributed by atoms with Gasteiger partial charge in [-0.05, 0) is 6.92 Å². The van der Waals surface area contributed by atoms with Gasteiger partial charge in [0.05, 0.1) is 0 Å². The monoisotopic (exact) mass is 198 g/mol. The van der Waals surface area contributed by atoms with Gasteiger partial charge in [0, 0.05) is 7.05 Å². The number of aliphatic imine (C=N–C) groups is 1. The minimum atomic E-state index is -0.771. The Morgan fingerprint density at radius 2 is 1.86 bits per heavy atom. The van der Waals surface area contributed by atoms with E-state index in [1.807, 2.05) is 0 Å². The van der Waals surface area contributed by atoms with Crippen LogP contribution in [0.1, 0.15) is 6.92 Å². The van der Waals surface area contributed by atoms with E-state index in [9.17, 15) is 14.4 Å². The van der Waals surface area contributed by atoms with Crippen molar-refractivity contribution in [3.8, 4) is 0 Å². The second-order valence-corrected chi connectivity index (χ2v) is 2.68. The second kappa shape index (κ2) is 3.86. The van der Waals surface area contributed by atoms with Crippen LogP contribution in [0.15, 0.2) is 4.99 Å². The fourth-order valence-electron chi connectivity index (χ4n) is 0.886. The van der Waals surface area contributed by atoms with E-state index in [1.165, 1.54) is 7.05 Å². The third-order valence-electron chi connectivity index (χ3n) is 1.62. The van der Waals surface area contributed by atoms with Crippen LogP contribution in [0.25, 0.3) is 0 Å². The van der Waals surface area contributed by atoms with Gasteiger partial charge in [-0.1, -0.05) is 0 Å². The highest BCUT2D eigenvalue weighted by molar-refractivity contribution is 6.45. The summed E-state index contributed by atoms with van der Waals surface area (Å²) in [4.78, 5) is 36.2. The predicted octanol–water partition coefficient (Wildman–Crippen LogP) is -2.28. The Morgan fingerprint density at radius 3 is 2.29 bits per heavy atom. The molecule has 1 saturated heterocycles. The molecule has 0 bridgehead atoms. The predicted molar refractivity (Wildman–Crippen MR) is 47.2 cm³/mol. The first kappa shape index (κ1) is 10.2.